The molecule has 2 N–H and O–H groups in total. The van der Waals surface area contributed by atoms with Crippen molar-refractivity contribution in [2.75, 3.05) is 0 Å². The van der Waals surface area contributed by atoms with E-state index in [2.05, 4.69) is 67.6 Å². The molecule has 0 fully saturated rings. The highest BCUT2D eigenvalue weighted by Gasteiger charge is 2.10. The van der Waals surface area contributed by atoms with Crippen LogP contribution in [0.15, 0.2) is 60.7 Å². The van der Waals surface area contributed by atoms with Crippen molar-refractivity contribution in [3.63, 3.8) is 0 Å². The lowest BCUT2D eigenvalue weighted by Gasteiger charge is -2.15. The Morgan fingerprint density at radius 3 is 1.38 bits per heavy atom. The first-order chi connectivity index (χ1) is 10.1. The summed E-state index contributed by atoms with van der Waals surface area (Å²) in [6, 6.07) is 21.4. The van der Waals surface area contributed by atoms with Crippen LogP contribution in [0, 0.1) is 0 Å². The van der Waals surface area contributed by atoms with Crippen molar-refractivity contribution >= 4 is 11.9 Å². The Hall–Kier alpha value is -2.62. The van der Waals surface area contributed by atoms with Gasteiger partial charge >= 0.3 is 11.9 Å². The Morgan fingerprint density at radius 2 is 1.14 bits per heavy atom. The summed E-state index contributed by atoms with van der Waals surface area (Å²) in [7, 11) is 0. The highest BCUT2D eigenvalue weighted by Crippen LogP contribution is 2.26. The zero-order valence-electron chi connectivity index (χ0n) is 11.8. The van der Waals surface area contributed by atoms with Crippen LogP contribution in [0.5, 0.6) is 0 Å². The third-order valence-electron chi connectivity index (χ3n) is 3.00. The molecule has 0 aliphatic carbocycles. The van der Waals surface area contributed by atoms with E-state index in [1.54, 1.807) is 0 Å². The van der Waals surface area contributed by atoms with E-state index in [-0.39, 0.29) is 0 Å². The van der Waals surface area contributed by atoms with E-state index < -0.39 is 11.9 Å². The van der Waals surface area contributed by atoms with Gasteiger partial charge < -0.3 is 10.2 Å². The molecular formula is C17H18O4. The molecule has 0 saturated carbocycles. The summed E-state index contributed by atoms with van der Waals surface area (Å²) in [5, 5.41) is 14.8. The van der Waals surface area contributed by atoms with Crippen molar-refractivity contribution in [3.8, 4) is 0 Å². The van der Waals surface area contributed by atoms with E-state index in [4.69, 9.17) is 19.8 Å². The molecule has 0 radical (unpaired) electrons. The van der Waals surface area contributed by atoms with E-state index in [9.17, 15) is 0 Å². The molecular weight excluding hydrogens is 268 g/mol. The lowest BCUT2D eigenvalue weighted by atomic mass is 9.89. The predicted molar refractivity (Wildman–Crippen MR) is 80.3 cm³/mol. The van der Waals surface area contributed by atoms with E-state index in [1.165, 1.54) is 11.1 Å². The van der Waals surface area contributed by atoms with Crippen LogP contribution in [0.3, 0.4) is 0 Å². The Kier molecular flexibility index (Phi) is 6.68. The molecule has 4 heteroatoms. The molecule has 0 atom stereocenters. The number of carbonyl (C=O) groups is 2. The first-order valence-electron chi connectivity index (χ1n) is 6.62. The van der Waals surface area contributed by atoms with E-state index in [1.807, 2.05) is 0 Å². The van der Waals surface area contributed by atoms with Gasteiger partial charge in [-0.15, -0.1) is 0 Å². The second kappa shape index (κ2) is 8.53. The summed E-state index contributed by atoms with van der Waals surface area (Å²) in [5.41, 5.74) is 2.82. The summed E-state index contributed by atoms with van der Waals surface area (Å²) in [6.45, 7) is 2.24. The van der Waals surface area contributed by atoms with Gasteiger partial charge in [0.25, 0.3) is 0 Å². The SMILES string of the molecule is CCC(c1ccccc1)c1ccccc1.O=C(O)C(=O)O. The molecule has 0 spiro atoms. The zero-order chi connectivity index (χ0) is 15.7. The molecule has 0 saturated heterocycles. The summed E-state index contributed by atoms with van der Waals surface area (Å²) < 4.78 is 0. The van der Waals surface area contributed by atoms with Crippen molar-refractivity contribution in [1.29, 1.82) is 0 Å². The van der Waals surface area contributed by atoms with Gasteiger partial charge in [-0.1, -0.05) is 67.6 Å². The molecule has 0 amide bonds. The number of carboxylic acids is 2. The third-order valence-corrected chi connectivity index (χ3v) is 3.00. The average molecular weight is 286 g/mol. The minimum absolute atomic E-state index is 0.535. The number of aliphatic carboxylic acids is 2. The summed E-state index contributed by atoms with van der Waals surface area (Å²) in [4.78, 5) is 18.2. The fourth-order valence-corrected chi connectivity index (χ4v) is 2.03. The smallest absolute Gasteiger partial charge is 0.414 e. The number of hydrogen-bond acceptors (Lipinski definition) is 2. The number of hydrogen-bond donors (Lipinski definition) is 2. The van der Waals surface area contributed by atoms with Crippen LogP contribution >= 0.6 is 0 Å². The maximum Gasteiger partial charge on any atom is 0.414 e. The molecule has 0 bridgehead atoms. The first-order valence-corrected chi connectivity index (χ1v) is 6.62. The standard InChI is InChI=1S/C15H16.C2H2O4/c1-2-15(13-9-5-3-6-10-13)14-11-7-4-8-12-14;3-1(4)2(5)6/h3-12,15H,2H2,1H3;(H,3,4)(H,5,6). The largest absolute Gasteiger partial charge is 0.473 e. The van der Waals surface area contributed by atoms with Gasteiger partial charge in [-0.3, -0.25) is 0 Å². The monoisotopic (exact) mass is 286 g/mol. The topological polar surface area (TPSA) is 74.6 Å². The van der Waals surface area contributed by atoms with E-state index >= 15 is 0 Å². The van der Waals surface area contributed by atoms with Crippen LogP contribution in [0.2, 0.25) is 0 Å². The summed E-state index contributed by atoms with van der Waals surface area (Å²) in [5.74, 6) is -3.11. The lowest BCUT2D eigenvalue weighted by Crippen LogP contribution is -2.09. The van der Waals surface area contributed by atoms with Gasteiger partial charge in [0.1, 0.15) is 0 Å². The average Bonchev–Trinajstić information content (AvgIpc) is 2.51. The minimum atomic E-state index is -1.82. The number of carboxylic acid groups (broad SMARTS) is 2. The van der Waals surface area contributed by atoms with Gasteiger partial charge in [-0.05, 0) is 17.5 Å². The fraction of sp³-hybridized carbons (Fsp3) is 0.176. The Labute approximate surface area is 123 Å². The van der Waals surface area contributed by atoms with Gasteiger partial charge in [-0.25, -0.2) is 9.59 Å². The highest BCUT2D eigenvalue weighted by atomic mass is 16.4. The molecule has 2 aromatic carbocycles. The molecule has 0 aromatic heterocycles. The van der Waals surface area contributed by atoms with E-state index in [0.717, 1.165) is 6.42 Å². The van der Waals surface area contributed by atoms with Crippen LogP contribution in [0.25, 0.3) is 0 Å². The molecule has 21 heavy (non-hydrogen) atoms. The van der Waals surface area contributed by atoms with Gasteiger partial charge in [0.05, 0.1) is 0 Å². The Balaban J connectivity index is 0.000000315. The van der Waals surface area contributed by atoms with Crippen LogP contribution in [-0.4, -0.2) is 22.2 Å². The molecule has 0 aliphatic heterocycles. The van der Waals surface area contributed by atoms with Crippen molar-refractivity contribution in [2.24, 2.45) is 0 Å². The van der Waals surface area contributed by atoms with Crippen LogP contribution in [0.1, 0.15) is 30.4 Å². The fourth-order valence-electron chi connectivity index (χ4n) is 2.03. The highest BCUT2D eigenvalue weighted by molar-refractivity contribution is 6.27. The zero-order valence-corrected chi connectivity index (χ0v) is 11.8. The summed E-state index contributed by atoms with van der Waals surface area (Å²) >= 11 is 0. The normalized spacial score (nSPS) is 9.62. The first kappa shape index (κ1) is 16.4. The van der Waals surface area contributed by atoms with Crippen molar-refractivity contribution in [3.05, 3.63) is 71.8 Å². The lowest BCUT2D eigenvalue weighted by molar-refractivity contribution is -0.159. The molecule has 4 nitrogen and oxygen atoms in total. The molecule has 110 valence electrons. The van der Waals surface area contributed by atoms with Gasteiger partial charge in [0.15, 0.2) is 0 Å². The number of benzene rings is 2. The van der Waals surface area contributed by atoms with Gasteiger partial charge in [0, 0.05) is 5.92 Å². The second-order valence-electron chi connectivity index (χ2n) is 4.39. The maximum atomic E-state index is 9.10. The van der Waals surface area contributed by atoms with Crippen LogP contribution < -0.4 is 0 Å². The van der Waals surface area contributed by atoms with Gasteiger partial charge in [0.2, 0.25) is 0 Å². The van der Waals surface area contributed by atoms with Gasteiger partial charge in [-0.2, -0.15) is 0 Å². The Morgan fingerprint density at radius 1 is 0.810 bits per heavy atom. The van der Waals surface area contributed by atoms with Crippen molar-refractivity contribution in [1.82, 2.24) is 0 Å². The predicted octanol–water partition coefficient (Wildman–Crippen LogP) is 3.38. The quantitative estimate of drug-likeness (QED) is 0.848. The minimum Gasteiger partial charge on any atom is -0.473 e. The van der Waals surface area contributed by atoms with Crippen molar-refractivity contribution < 1.29 is 19.8 Å². The molecule has 0 heterocycles. The van der Waals surface area contributed by atoms with Crippen LogP contribution in [-0.2, 0) is 9.59 Å². The van der Waals surface area contributed by atoms with Crippen molar-refractivity contribution in [2.45, 2.75) is 19.3 Å². The van der Waals surface area contributed by atoms with E-state index in [0.29, 0.717) is 5.92 Å². The number of rotatable bonds is 3. The second-order valence-corrected chi connectivity index (χ2v) is 4.39. The molecule has 2 rings (SSSR count). The molecule has 0 unspecified atom stereocenters. The Bertz CT molecular complexity index is 512. The van der Waals surface area contributed by atoms with Crippen LogP contribution in [0.4, 0.5) is 0 Å². The third kappa shape index (κ3) is 5.48. The molecule has 0 aliphatic rings. The molecule has 2 aromatic rings. The summed E-state index contributed by atoms with van der Waals surface area (Å²) in [6.07, 6.45) is 1.15. The maximum absolute atomic E-state index is 9.10.